The number of ether oxygens (including phenoxy) is 1. The van der Waals surface area contributed by atoms with Crippen molar-refractivity contribution in [3.05, 3.63) is 71.2 Å². The van der Waals surface area contributed by atoms with Crippen LogP contribution in [0.25, 0.3) is 11.8 Å². The van der Waals surface area contributed by atoms with E-state index in [4.69, 9.17) is 4.74 Å². The van der Waals surface area contributed by atoms with E-state index in [1.54, 1.807) is 31.2 Å². The SMILES string of the molecule is C=CCN1C(=O)N/C(=C\c2cc(C)n(-c3cccc(C(=O)OCC)c3)c2C)C1=O. The molecule has 0 spiro atoms. The molecule has 0 saturated carbocycles. The molecule has 7 nitrogen and oxygen atoms in total. The van der Waals surface area contributed by atoms with Crippen LogP contribution in [0.1, 0.15) is 34.2 Å². The summed E-state index contributed by atoms with van der Waals surface area (Å²) in [5.74, 6) is -0.759. The minimum Gasteiger partial charge on any atom is -0.462 e. The first kappa shape index (κ1) is 20.1. The molecule has 2 heterocycles. The van der Waals surface area contributed by atoms with E-state index in [2.05, 4.69) is 11.9 Å². The van der Waals surface area contributed by atoms with E-state index in [9.17, 15) is 14.4 Å². The molecule has 0 aliphatic carbocycles. The van der Waals surface area contributed by atoms with Gasteiger partial charge in [-0.15, -0.1) is 6.58 Å². The van der Waals surface area contributed by atoms with Gasteiger partial charge >= 0.3 is 12.0 Å². The second kappa shape index (κ2) is 8.18. The maximum absolute atomic E-state index is 12.4. The molecule has 1 aromatic heterocycles. The topological polar surface area (TPSA) is 80.6 Å². The van der Waals surface area contributed by atoms with Crippen molar-refractivity contribution in [3.63, 3.8) is 0 Å². The highest BCUT2D eigenvalue weighted by Crippen LogP contribution is 2.24. The van der Waals surface area contributed by atoms with Crippen LogP contribution in [0.2, 0.25) is 0 Å². The van der Waals surface area contributed by atoms with Crippen molar-refractivity contribution in [2.45, 2.75) is 20.8 Å². The van der Waals surface area contributed by atoms with Gasteiger partial charge in [-0.2, -0.15) is 0 Å². The monoisotopic (exact) mass is 393 g/mol. The number of imide groups is 1. The van der Waals surface area contributed by atoms with E-state index in [0.29, 0.717) is 12.2 Å². The van der Waals surface area contributed by atoms with Crippen LogP contribution in [-0.4, -0.2) is 40.5 Å². The maximum atomic E-state index is 12.4. The summed E-state index contributed by atoms with van der Waals surface area (Å²) < 4.78 is 7.06. The van der Waals surface area contributed by atoms with Crippen molar-refractivity contribution in [1.82, 2.24) is 14.8 Å². The highest BCUT2D eigenvalue weighted by atomic mass is 16.5. The molecule has 1 aliphatic heterocycles. The zero-order valence-electron chi connectivity index (χ0n) is 16.7. The Morgan fingerprint density at radius 3 is 2.69 bits per heavy atom. The average Bonchev–Trinajstić information content (AvgIpc) is 3.12. The van der Waals surface area contributed by atoms with Crippen LogP contribution < -0.4 is 5.32 Å². The fourth-order valence-electron chi connectivity index (χ4n) is 3.34. The Hall–Kier alpha value is -3.61. The molecular formula is C22H23N3O4. The van der Waals surface area contributed by atoms with Crippen LogP contribution in [0.5, 0.6) is 0 Å². The number of rotatable bonds is 6. The van der Waals surface area contributed by atoms with E-state index in [-0.39, 0.29) is 24.1 Å². The predicted octanol–water partition coefficient (Wildman–Crippen LogP) is 3.35. The molecule has 29 heavy (non-hydrogen) atoms. The Labute approximate surface area is 169 Å². The molecule has 1 aromatic carbocycles. The molecule has 0 unspecified atom stereocenters. The Kier molecular flexibility index (Phi) is 5.68. The van der Waals surface area contributed by atoms with E-state index in [1.165, 1.54) is 6.08 Å². The van der Waals surface area contributed by atoms with Gasteiger partial charge in [0.05, 0.1) is 12.2 Å². The van der Waals surface area contributed by atoms with E-state index in [0.717, 1.165) is 27.5 Å². The van der Waals surface area contributed by atoms with Gasteiger partial charge in [-0.25, -0.2) is 9.59 Å². The Morgan fingerprint density at radius 2 is 2.00 bits per heavy atom. The predicted molar refractivity (Wildman–Crippen MR) is 110 cm³/mol. The number of aromatic nitrogens is 1. The van der Waals surface area contributed by atoms with Gasteiger partial charge in [0, 0.05) is 23.6 Å². The van der Waals surface area contributed by atoms with Crippen molar-refractivity contribution in [2.24, 2.45) is 0 Å². The molecule has 2 aromatic rings. The number of benzene rings is 1. The molecule has 1 saturated heterocycles. The zero-order chi connectivity index (χ0) is 21.1. The second-order valence-corrected chi connectivity index (χ2v) is 6.63. The molecule has 3 amide bonds. The highest BCUT2D eigenvalue weighted by Gasteiger charge is 2.32. The number of amides is 3. The summed E-state index contributed by atoms with van der Waals surface area (Å²) in [7, 11) is 0. The van der Waals surface area contributed by atoms with Gasteiger partial charge in [-0.05, 0) is 56.7 Å². The van der Waals surface area contributed by atoms with Crippen molar-refractivity contribution >= 4 is 24.0 Å². The molecule has 3 rings (SSSR count). The first-order valence-corrected chi connectivity index (χ1v) is 9.29. The van der Waals surface area contributed by atoms with Crippen molar-refractivity contribution in [2.75, 3.05) is 13.2 Å². The average molecular weight is 393 g/mol. The maximum Gasteiger partial charge on any atom is 0.338 e. The van der Waals surface area contributed by atoms with Crippen molar-refractivity contribution in [3.8, 4) is 5.69 Å². The lowest BCUT2D eigenvalue weighted by molar-refractivity contribution is -0.122. The molecule has 150 valence electrons. The number of nitrogens with zero attached hydrogens (tertiary/aromatic N) is 2. The van der Waals surface area contributed by atoms with Gasteiger partial charge in [-0.1, -0.05) is 12.1 Å². The lowest BCUT2D eigenvalue weighted by Gasteiger charge is -2.11. The van der Waals surface area contributed by atoms with Crippen LogP contribution in [0.4, 0.5) is 4.79 Å². The summed E-state index contributed by atoms with van der Waals surface area (Å²) in [5.41, 5.74) is 4.10. The first-order chi connectivity index (χ1) is 13.9. The van der Waals surface area contributed by atoms with Gasteiger partial charge in [0.2, 0.25) is 0 Å². The number of esters is 1. The van der Waals surface area contributed by atoms with Crippen LogP contribution in [-0.2, 0) is 9.53 Å². The van der Waals surface area contributed by atoms with Crippen LogP contribution in [0, 0.1) is 13.8 Å². The number of carbonyl (C=O) groups is 3. The largest absolute Gasteiger partial charge is 0.462 e. The fourth-order valence-corrected chi connectivity index (χ4v) is 3.34. The van der Waals surface area contributed by atoms with E-state index >= 15 is 0 Å². The van der Waals surface area contributed by atoms with E-state index < -0.39 is 6.03 Å². The quantitative estimate of drug-likeness (QED) is 0.353. The number of hydrogen-bond acceptors (Lipinski definition) is 4. The van der Waals surface area contributed by atoms with Crippen LogP contribution in [0.15, 0.2) is 48.7 Å². The summed E-state index contributed by atoms with van der Waals surface area (Å²) in [6.45, 7) is 9.65. The minimum absolute atomic E-state index is 0.154. The van der Waals surface area contributed by atoms with Crippen LogP contribution in [0.3, 0.4) is 0 Å². The normalized spacial score (nSPS) is 15.0. The third kappa shape index (κ3) is 3.85. The lowest BCUT2D eigenvalue weighted by atomic mass is 10.2. The molecule has 1 N–H and O–H groups in total. The number of urea groups is 1. The summed E-state index contributed by atoms with van der Waals surface area (Å²) >= 11 is 0. The highest BCUT2D eigenvalue weighted by molar-refractivity contribution is 6.14. The first-order valence-electron chi connectivity index (χ1n) is 9.29. The summed E-state index contributed by atoms with van der Waals surface area (Å²) in [6.07, 6.45) is 3.17. The fraction of sp³-hybridized carbons (Fsp3) is 0.227. The zero-order valence-corrected chi connectivity index (χ0v) is 16.7. The lowest BCUT2D eigenvalue weighted by Crippen LogP contribution is -2.30. The summed E-state index contributed by atoms with van der Waals surface area (Å²) in [4.78, 5) is 37.5. The van der Waals surface area contributed by atoms with Crippen molar-refractivity contribution < 1.29 is 19.1 Å². The molecule has 0 radical (unpaired) electrons. The van der Waals surface area contributed by atoms with Gasteiger partial charge in [-0.3, -0.25) is 9.69 Å². The molecular weight excluding hydrogens is 370 g/mol. The molecule has 1 aliphatic rings. The Bertz CT molecular complexity index is 1030. The smallest absolute Gasteiger partial charge is 0.338 e. The van der Waals surface area contributed by atoms with Gasteiger partial charge < -0.3 is 14.6 Å². The van der Waals surface area contributed by atoms with Gasteiger partial charge in [0.1, 0.15) is 5.70 Å². The van der Waals surface area contributed by atoms with Crippen LogP contribution >= 0.6 is 0 Å². The molecule has 7 heteroatoms. The second-order valence-electron chi connectivity index (χ2n) is 6.63. The molecule has 0 atom stereocenters. The molecule has 1 fully saturated rings. The number of nitrogens with one attached hydrogen (secondary N) is 1. The standard InChI is InChI=1S/C22H23N3O4/c1-5-10-24-20(26)19(23-22(24)28)13-17-11-14(3)25(15(17)4)18-9-7-8-16(12-18)21(27)29-6-2/h5,7-9,11-13H,1,6,10H2,2-4H3,(H,23,28)/b19-13-. The van der Waals surface area contributed by atoms with Gasteiger partial charge in [0.25, 0.3) is 5.91 Å². The Morgan fingerprint density at radius 1 is 1.24 bits per heavy atom. The third-order valence-corrected chi connectivity index (χ3v) is 4.66. The minimum atomic E-state index is -0.461. The number of hydrogen-bond donors (Lipinski definition) is 1. The van der Waals surface area contributed by atoms with Crippen molar-refractivity contribution in [1.29, 1.82) is 0 Å². The third-order valence-electron chi connectivity index (χ3n) is 4.66. The summed E-state index contributed by atoms with van der Waals surface area (Å²) in [5, 5.41) is 2.60. The molecule has 0 bridgehead atoms. The summed E-state index contributed by atoms with van der Waals surface area (Å²) in [6, 6.07) is 8.63. The number of carbonyl (C=O) groups excluding carboxylic acids is 3. The van der Waals surface area contributed by atoms with E-state index in [1.807, 2.05) is 30.5 Å². The Balaban J connectivity index is 1.97. The van der Waals surface area contributed by atoms with Gasteiger partial charge in [0.15, 0.2) is 0 Å². The number of aryl methyl sites for hydroxylation is 1.